The van der Waals surface area contributed by atoms with Gasteiger partial charge in [-0.3, -0.25) is 9.48 Å². The van der Waals surface area contributed by atoms with Crippen molar-refractivity contribution >= 4 is 29.3 Å². The first-order valence-corrected chi connectivity index (χ1v) is 7.27. The minimum atomic E-state index is -0.336. The molecule has 1 atom stereocenters. The van der Waals surface area contributed by atoms with Crippen molar-refractivity contribution in [2.75, 3.05) is 12.3 Å². The summed E-state index contributed by atoms with van der Waals surface area (Å²) >= 11 is 7.60. The lowest BCUT2D eigenvalue weighted by atomic mass is 10.3. The van der Waals surface area contributed by atoms with Crippen LogP contribution in [0.15, 0.2) is 12.4 Å². The van der Waals surface area contributed by atoms with Crippen LogP contribution in [0.3, 0.4) is 0 Å². The van der Waals surface area contributed by atoms with Gasteiger partial charge in [-0.05, 0) is 6.92 Å². The van der Waals surface area contributed by atoms with Crippen molar-refractivity contribution in [3.63, 3.8) is 0 Å². The average Bonchev–Trinajstić information content (AvgIpc) is 2.68. The van der Waals surface area contributed by atoms with E-state index in [1.807, 2.05) is 11.8 Å². The van der Waals surface area contributed by atoms with Crippen LogP contribution in [-0.2, 0) is 4.79 Å². The van der Waals surface area contributed by atoms with Crippen LogP contribution in [0.5, 0.6) is 0 Å². The van der Waals surface area contributed by atoms with Gasteiger partial charge in [0.05, 0.1) is 11.2 Å². The zero-order chi connectivity index (χ0) is 13.8. The highest BCUT2D eigenvalue weighted by molar-refractivity contribution is 8.00. The molecule has 0 saturated heterocycles. The van der Waals surface area contributed by atoms with E-state index in [9.17, 15) is 4.79 Å². The molecule has 18 heavy (non-hydrogen) atoms. The molecule has 0 fully saturated rings. The molecule has 0 aliphatic heterocycles. The summed E-state index contributed by atoms with van der Waals surface area (Å²) in [6.45, 7) is 8.95. The number of hydrogen-bond acceptors (Lipinski definition) is 3. The van der Waals surface area contributed by atoms with E-state index >= 15 is 0 Å². The Balaban J connectivity index is 2.33. The SMILES string of the molecule is C[C@@H](C(=O)NCCSC(C)(C)C)n1cc(Cl)cn1. The summed E-state index contributed by atoms with van der Waals surface area (Å²) < 4.78 is 1.79. The predicted octanol–water partition coefficient (Wildman–Crippen LogP) is 2.75. The van der Waals surface area contributed by atoms with Crippen LogP contribution in [0, 0.1) is 0 Å². The third-order valence-corrected chi connectivity index (χ3v) is 3.75. The third kappa shape index (κ3) is 5.31. The van der Waals surface area contributed by atoms with E-state index in [1.165, 1.54) is 6.20 Å². The Morgan fingerprint density at radius 2 is 2.28 bits per heavy atom. The molecular weight excluding hydrogens is 270 g/mol. The van der Waals surface area contributed by atoms with Crippen LogP contribution in [0.4, 0.5) is 0 Å². The molecule has 1 N–H and O–H groups in total. The lowest BCUT2D eigenvalue weighted by molar-refractivity contribution is -0.124. The molecule has 0 saturated carbocycles. The van der Waals surface area contributed by atoms with Gasteiger partial charge in [-0.2, -0.15) is 16.9 Å². The number of carbonyl (C=O) groups is 1. The van der Waals surface area contributed by atoms with E-state index in [0.29, 0.717) is 11.6 Å². The zero-order valence-electron chi connectivity index (χ0n) is 11.2. The summed E-state index contributed by atoms with van der Waals surface area (Å²) in [5, 5.41) is 7.46. The number of amides is 1. The van der Waals surface area contributed by atoms with E-state index in [4.69, 9.17) is 11.6 Å². The summed E-state index contributed by atoms with van der Waals surface area (Å²) in [4.78, 5) is 11.9. The maximum absolute atomic E-state index is 11.9. The molecule has 1 aromatic rings. The first-order valence-electron chi connectivity index (χ1n) is 5.91. The van der Waals surface area contributed by atoms with Gasteiger partial charge in [-0.1, -0.05) is 32.4 Å². The smallest absolute Gasteiger partial charge is 0.244 e. The molecule has 0 radical (unpaired) electrons. The van der Waals surface area contributed by atoms with Gasteiger partial charge in [0.15, 0.2) is 0 Å². The van der Waals surface area contributed by atoms with Gasteiger partial charge >= 0.3 is 0 Å². The standard InChI is InChI=1S/C12H20ClN3OS/c1-9(16-8-10(13)7-15-16)11(17)14-5-6-18-12(2,3)4/h7-9H,5-6H2,1-4H3,(H,14,17)/t9-/m0/s1. The summed E-state index contributed by atoms with van der Waals surface area (Å²) in [6, 6.07) is -0.336. The topological polar surface area (TPSA) is 46.9 Å². The summed E-state index contributed by atoms with van der Waals surface area (Å²) in [5.41, 5.74) is 0. The molecule has 1 aromatic heterocycles. The Kier molecular flexibility index (Phi) is 5.53. The Morgan fingerprint density at radius 1 is 1.61 bits per heavy atom. The highest BCUT2D eigenvalue weighted by Crippen LogP contribution is 2.22. The Morgan fingerprint density at radius 3 is 2.78 bits per heavy atom. The van der Waals surface area contributed by atoms with Crippen LogP contribution in [0.1, 0.15) is 33.7 Å². The van der Waals surface area contributed by atoms with Crippen molar-refractivity contribution in [2.24, 2.45) is 0 Å². The number of hydrogen-bond donors (Lipinski definition) is 1. The Bertz CT molecular complexity index is 400. The quantitative estimate of drug-likeness (QED) is 0.848. The lowest BCUT2D eigenvalue weighted by Gasteiger charge is -2.18. The minimum Gasteiger partial charge on any atom is -0.353 e. The van der Waals surface area contributed by atoms with E-state index in [0.717, 1.165) is 5.75 Å². The molecule has 1 heterocycles. The first kappa shape index (κ1) is 15.4. The molecule has 4 nitrogen and oxygen atoms in total. The largest absolute Gasteiger partial charge is 0.353 e. The van der Waals surface area contributed by atoms with Crippen LogP contribution in [0.2, 0.25) is 5.02 Å². The molecule has 0 unspecified atom stereocenters. The molecule has 0 spiro atoms. The zero-order valence-corrected chi connectivity index (χ0v) is 12.8. The number of halogens is 1. The van der Waals surface area contributed by atoms with Crippen molar-refractivity contribution in [3.8, 4) is 0 Å². The molecule has 0 bridgehead atoms. The number of thioether (sulfide) groups is 1. The van der Waals surface area contributed by atoms with E-state index in [2.05, 4.69) is 31.2 Å². The number of carbonyl (C=O) groups excluding carboxylic acids is 1. The van der Waals surface area contributed by atoms with E-state index < -0.39 is 0 Å². The molecule has 6 heteroatoms. The summed E-state index contributed by atoms with van der Waals surface area (Å²) in [7, 11) is 0. The van der Waals surface area contributed by atoms with Gasteiger partial charge in [0.1, 0.15) is 6.04 Å². The second-order valence-electron chi connectivity index (χ2n) is 5.07. The van der Waals surface area contributed by atoms with Crippen molar-refractivity contribution in [1.82, 2.24) is 15.1 Å². The maximum Gasteiger partial charge on any atom is 0.244 e. The molecule has 102 valence electrons. The van der Waals surface area contributed by atoms with Crippen molar-refractivity contribution < 1.29 is 4.79 Å². The molecular formula is C12H20ClN3OS. The predicted molar refractivity (Wildman–Crippen MR) is 77.2 cm³/mol. The van der Waals surface area contributed by atoms with Gasteiger partial charge in [0.2, 0.25) is 5.91 Å². The molecule has 0 aliphatic carbocycles. The number of nitrogens with zero attached hydrogens (tertiary/aromatic N) is 2. The molecule has 1 rings (SSSR count). The second-order valence-corrected chi connectivity index (χ2v) is 7.42. The molecule has 0 aromatic carbocycles. The van der Waals surface area contributed by atoms with Crippen LogP contribution in [0.25, 0.3) is 0 Å². The van der Waals surface area contributed by atoms with Gasteiger partial charge in [0, 0.05) is 23.2 Å². The minimum absolute atomic E-state index is 0.0377. The highest BCUT2D eigenvalue weighted by atomic mass is 35.5. The number of nitrogens with one attached hydrogen (secondary N) is 1. The normalized spacial score (nSPS) is 13.4. The summed E-state index contributed by atoms with van der Waals surface area (Å²) in [5.74, 6) is 0.867. The van der Waals surface area contributed by atoms with E-state index in [1.54, 1.807) is 17.8 Å². The number of aromatic nitrogens is 2. The van der Waals surface area contributed by atoms with Crippen molar-refractivity contribution in [1.29, 1.82) is 0 Å². The monoisotopic (exact) mass is 289 g/mol. The van der Waals surface area contributed by atoms with Crippen LogP contribution in [-0.4, -0.2) is 32.7 Å². The maximum atomic E-state index is 11.9. The van der Waals surface area contributed by atoms with E-state index in [-0.39, 0.29) is 16.7 Å². The third-order valence-electron chi connectivity index (χ3n) is 2.28. The van der Waals surface area contributed by atoms with Crippen molar-refractivity contribution in [3.05, 3.63) is 17.4 Å². The number of rotatable bonds is 5. The average molecular weight is 290 g/mol. The first-order chi connectivity index (χ1) is 8.29. The Labute approximate surface area is 117 Å². The fourth-order valence-electron chi connectivity index (χ4n) is 1.33. The van der Waals surface area contributed by atoms with Gasteiger partial charge in [-0.15, -0.1) is 0 Å². The summed E-state index contributed by atoms with van der Waals surface area (Å²) in [6.07, 6.45) is 3.18. The fraction of sp³-hybridized carbons (Fsp3) is 0.667. The van der Waals surface area contributed by atoms with Gasteiger partial charge in [0.25, 0.3) is 0 Å². The molecule has 0 aliphatic rings. The lowest BCUT2D eigenvalue weighted by Crippen LogP contribution is -2.33. The fourth-order valence-corrected chi connectivity index (χ4v) is 2.29. The Hall–Kier alpha value is -0.680. The highest BCUT2D eigenvalue weighted by Gasteiger charge is 2.16. The van der Waals surface area contributed by atoms with Gasteiger partial charge < -0.3 is 5.32 Å². The van der Waals surface area contributed by atoms with Crippen LogP contribution < -0.4 is 5.32 Å². The second kappa shape index (κ2) is 6.48. The molecule has 1 amide bonds. The van der Waals surface area contributed by atoms with Gasteiger partial charge in [-0.25, -0.2) is 0 Å². The van der Waals surface area contributed by atoms with Crippen LogP contribution >= 0.6 is 23.4 Å². The van der Waals surface area contributed by atoms with Crippen molar-refractivity contribution in [2.45, 2.75) is 38.5 Å².